The minimum Gasteiger partial charge on any atom is -0.212 e. The van der Waals surface area contributed by atoms with E-state index in [2.05, 4.69) is 19.1 Å². The van der Waals surface area contributed by atoms with Gasteiger partial charge in [0.2, 0.25) is 10.0 Å². The third-order valence-corrected chi connectivity index (χ3v) is 6.02. The molecule has 0 saturated carbocycles. The van der Waals surface area contributed by atoms with E-state index in [1.807, 2.05) is 12.1 Å². The molecule has 0 fully saturated rings. The van der Waals surface area contributed by atoms with E-state index in [9.17, 15) is 8.42 Å². The number of nitrogens with zero attached hydrogens (tertiary/aromatic N) is 1. The van der Waals surface area contributed by atoms with Crippen molar-refractivity contribution in [1.82, 2.24) is 4.31 Å². The molecule has 0 aliphatic heterocycles. The second kappa shape index (κ2) is 6.72. The monoisotopic (exact) mass is 295 g/mol. The fourth-order valence-electron chi connectivity index (χ4n) is 3.00. The van der Waals surface area contributed by atoms with Crippen LogP contribution in [0.15, 0.2) is 24.3 Å². The fraction of sp³-hybridized carbons (Fsp3) is 0.625. The molecule has 1 aromatic carbocycles. The van der Waals surface area contributed by atoms with E-state index in [0.717, 1.165) is 32.1 Å². The second-order valence-corrected chi connectivity index (χ2v) is 7.68. The van der Waals surface area contributed by atoms with Crippen LogP contribution in [0.5, 0.6) is 0 Å². The van der Waals surface area contributed by atoms with Crippen LogP contribution in [0, 0.1) is 0 Å². The van der Waals surface area contributed by atoms with Gasteiger partial charge in [0.05, 0.1) is 5.75 Å². The highest BCUT2D eigenvalue weighted by Crippen LogP contribution is 2.36. The molecule has 2 rings (SSSR count). The molecule has 0 bridgehead atoms. The molecule has 0 radical (unpaired) electrons. The zero-order chi connectivity index (χ0) is 14.6. The number of unbranched alkanes of at least 4 members (excludes halogenated alkanes) is 1. The van der Waals surface area contributed by atoms with E-state index in [1.165, 1.54) is 11.1 Å². The van der Waals surface area contributed by atoms with Gasteiger partial charge in [0.1, 0.15) is 0 Å². The van der Waals surface area contributed by atoms with Crippen LogP contribution >= 0.6 is 0 Å². The molecule has 1 aromatic rings. The first-order valence-electron chi connectivity index (χ1n) is 7.67. The van der Waals surface area contributed by atoms with Crippen molar-refractivity contribution in [2.75, 3.05) is 12.3 Å². The SMILES string of the molecule is CCCCN(C1CCCc2ccccc21)S(=O)(=O)CC. The summed E-state index contributed by atoms with van der Waals surface area (Å²) in [6, 6.07) is 8.34. The molecule has 0 aromatic heterocycles. The molecular weight excluding hydrogens is 270 g/mol. The Kier molecular flexibility index (Phi) is 5.22. The second-order valence-electron chi connectivity index (χ2n) is 5.47. The molecule has 0 N–H and O–H groups in total. The summed E-state index contributed by atoms with van der Waals surface area (Å²) in [6.45, 7) is 4.49. The lowest BCUT2D eigenvalue weighted by Gasteiger charge is -2.35. The van der Waals surface area contributed by atoms with Crippen LogP contribution in [0.2, 0.25) is 0 Å². The summed E-state index contributed by atoms with van der Waals surface area (Å²) in [6.07, 6.45) is 5.03. The number of benzene rings is 1. The Balaban J connectivity index is 2.35. The van der Waals surface area contributed by atoms with Gasteiger partial charge in [-0.05, 0) is 43.7 Å². The Bertz CT molecular complexity index is 539. The van der Waals surface area contributed by atoms with Gasteiger partial charge in [-0.2, -0.15) is 4.31 Å². The maximum atomic E-state index is 12.4. The van der Waals surface area contributed by atoms with Crippen molar-refractivity contribution in [3.05, 3.63) is 35.4 Å². The van der Waals surface area contributed by atoms with Crippen LogP contribution in [-0.2, 0) is 16.4 Å². The van der Waals surface area contributed by atoms with Crippen molar-refractivity contribution < 1.29 is 8.42 Å². The summed E-state index contributed by atoms with van der Waals surface area (Å²) >= 11 is 0. The van der Waals surface area contributed by atoms with E-state index in [0.29, 0.717) is 6.54 Å². The predicted octanol–water partition coefficient (Wildman–Crippen LogP) is 3.52. The number of fused-ring (bicyclic) bond motifs is 1. The van der Waals surface area contributed by atoms with Gasteiger partial charge >= 0.3 is 0 Å². The van der Waals surface area contributed by atoms with Crippen LogP contribution in [-0.4, -0.2) is 25.0 Å². The average Bonchev–Trinajstić information content (AvgIpc) is 2.47. The Morgan fingerprint density at radius 1 is 1.25 bits per heavy atom. The van der Waals surface area contributed by atoms with Crippen molar-refractivity contribution in [3.8, 4) is 0 Å². The van der Waals surface area contributed by atoms with Gasteiger partial charge in [0.25, 0.3) is 0 Å². The lowest BCUT2D eigenvalue weighted by atomic mass is 9.87. The molecule has 4 heteroatoms. The number of hydrogen-bond acceptors (Lipinski definition) is 2. The minimum absolute atomic E-state index is 0.0384. The van der Waals surface area contributed by atoms with Gasteiger partial charge in [-0.15, -0.1) is 0 Å². The highest BCUT2D eigenvalue weighted by molar-refractivity contribution is 7.89. The van der Waals surface area contributed by atoms with Crippen molar-refractivity contribution >= 4 is 10.0 Å². The Morgan fingerprint density at radius 2 is 2.00 bits per heavy atom. The Morgan fingerprint density at radius 3 is 2.70 bits per heavy atom. The third-order valence-electron chi connectivity index (χ3n) is 4.14. The first-order valence-corrected chi connectivity index (χ1v) is 9.28. The lowest BCUT2D eigenvalue weighted by Crippen LogP contribution is -2.38. The fourth-order valence-corrected chi connectivity index (χ4v) is 4.34. The zero-order valence-corrected chi connectivity index (χ0v) is 13.3. The van der Waals surface area contributed by atoms with Gasteiger partial charge < -0.3 is 0 Å². The van der Waals surface area contributed by atoms with Crippen LogP contribution in [0.4, 0.5) is 0 Å². The van der Waals surface area contributed by atoms with E-state index in [4.69, 9.17) is 0 Å². The van der Waals surface area contributed by atoms with E-state index >= 15 is 0 Å². The van der Waals surface area contributed by atoms with Crippen molar-refractivity contribution in [2.24, 2.45) is 0 Å². The van der Waals surface area contributed by atoms with Gasteiger partial charge in [-0.3, -0.25) is 0 Å². The zero-order valence-electron chi connectivity index (χ0n) is 12.5. The van der Waals surface area contributed by atoms with Gasteiger partial charge in [0, 0.05) is 12.6 Å². The van der Waals surface area contributed by atoms with Crippen LogP contribution in [0.3, 0.4) is 0 Å². The smallest absolute Gasteiger partial charge is 0.212 e. The quantitative estimate of drug-likeness (QED) is 0.805. The normalized spacial score (nSPS) is 19.1. The molecule has 1 aliphatic rings. The Labute approximate surface area is 123 Å². The topological polar surface area (TPSA) is 37.4 Å². The van der Waals surface area contributed by atoms with Crippen molar-refractivity contribution in [2.45, 2.75) is 52.0 Å². The summed E-state index contributed by atoms with van der Waals surface area (Å²) in [5.74, 6) is 0.190. The predicted molar refractivity (Wildman–Crippen MR) is 83.2 cm³/mol. The maximum Gasteiger partial charge on any atom is 0.214 e. The minimum atomic E-state index is -3.14. The lowest BCUT2D eigenvalue weighted by molar-refractivity contribution is 0.290. The number of sulfonamides is 1. The van der Waals surface area contributed by atoms with E-state index in [-0.39, 0.29) is 11.8 Å². The average molecular weight is 295 g/mol. The summed E-state index contributed by atoms with van der Waals surface area (Å²) in [5, 5.41) is 0. The molecular formula is C16H25NO2S. The number of hydrogen-bond donors (Lipinski definition) is 0. The molecule has 1 unspecified atom stereocenters. The molecule has 112 valence electrons. The summed E-state index contributed by atoms with van der Waals surface area (Å²) in [4.78, 5) is 0. The molecule has 1 aliphatic carbocycles. The highest BCUT2D eigenvalue weighted by Gasteiger charge is 2.32. The maximum absolute atomic E-state index is 12.4. The van der Waals surface area contributed by atoms with E-state index < -0.39 is 10.0 Å². The summed E-state index contributed by atoms with van der Waals surface area (Å²) in [5.41, 5.74) is 2.53. The molecule has 20 heavy (non-hydrogen) atoms. The summed E-state index contributed by atoms with van der Waals surface area (Å²) in [7, 11) is -3.14. The molecule has 0 saturated heterocycles. The third kappa shape index (κ3) is 3.23. The van der Waals surface area contributed by atoms with Gasteiger partial charge in [0.15, 0.2) is 0 Å². The van der Waals surface area contributed by atoms with Crippen molar-refractivity contribution in [3.63, 3.8) is 0 Å². The number of aryl methyl sites for hydroxylation is 1. The molecule has 0 spiro atoms. The number of rotatable bonds is 6. The standard InChI is InChI=1S/C16H25NO2S/c1-3-5-13-17(20(18,19)4-2)16-12-8-10-14-9-6-7-11-15(14)16/h6-7,9,11,16H,3-5,8,10,12-13H2,1-2H3. The van der Waals surface area contributed by atoms with Gasteiger partial charge in [-0.25, -0.2) is 8.42 Å². The van der Waals surface area contributed by atoms with Crippen LogP contribution in [0.25, 0.3) is 0 Å². The van der Waals surface area contributed by atoms with Crippen LogP contribution < -0.4 is 0 Å². The summed E-state index contributed by atoms with van der Waals surface area (Å²) < 4.78 is 26.6. The first-order chi connectivity index (χ1) is 9.60. The highest BCUT2D eigenvalue weighted by atomic mass is 32.2. The first kappa shape index (κ1) is 15.5. The molecule has 1 atom stereocenters. The molecule has 3 nitrogen and oxygen atoms in total. The van der Waals surface area contributed by atoms with Gasteiger partial charge in [-0.1, -0.05) is 37.6 Å². The Hall–Kier alpha value is -0.870. The largest absolute Gasteiger partial charge is 0.214 e. The van der Waals surface area contributed by atoms with E-state index in [1.54, 1.807) is 11.2 Å². The van der Waals surface area contributed by atoms with Crippen molar-refractivity contribution in [1.29, 1.82) is 0 Å². The van der Waals surface area contributed by atoms with Crippen LogP contribution in [0.1, 0.15) is 56.7 Å². The molecule has 0 amide bonds. The molecule has 0 heterocycles.